The van der Waals surface area contributed by atoms with Crippen molar-refractivity contribution in [3.8, 4) is 5.69 Å². The number of nitrogens with two attached hydrogens (primary N) is 1. The SMILES string of the molecule is Cc1cccc(-n2cc(C(=O)N3CCC(CN)C3)nn2)c1.Cl. The van der Waals surface area contributed by atoms with Crippen molar-refractivity contribution in [1.82, 2.24) is 19.9 Å². The van der Waals surface area contributed by atoms with Crippen molar-refractivity contribution in [3.05, 3.63) is 41.7 Å². The summed E-state index contributed by atoms with van der Waals surface area (Å²) < 4.78 is 1.64. The third-order valence-corrected chi connectivity index (χ3v) is 3.89. The number of hydrogen-bond acceptors (Lipinski definition) is 4. The summed E-state index contributed by atoms with van der Waals surface area (Å²) in [4.78, 5) is 14.2. The van der Waals surface area contributed by atoms with Crippen LogP contribution in [0.4, 0.5) is 0 Å². The van der Waals surface area contributed by atoms with Crippen molar-refractivity contribution in [2.75, 3.05) is 19.6 Å². The topological polar surface area (TPSA) is 77.0 Å². The second-order valence-corrected chi connectivity index (χ2v) is 5.53. The van der Waals surface area contributed by atoms with Crippen LogP contribution < -0.4 is 5.73 Å². The predicted molar refractivity (Wildman–Crippen MR) is 86.4 cm³/mol. The predicted octanol–water partition coefficient (Wildman–Crippen LogP) is 1.42. The minimum absolute atomic E-state index is 0. The van der Waals surface area contributed by atoms with Gasteiger partial charge in [0.05, 0.1) is 11.9 Å². The molecular weight excluding hydrogens is 302 g/mol. The van der Waals surface area contributed by atoms with Gasteiger partial charge in [-0.25, -0.2) is 4.68 Å². The van der Waals surface area contributed by atoms with Gasteiger partial charge in [0, 0.05) is 13.1 Å². The van der Waals surface area contributed by atoms with E-state index in [1.54, 1.807) is 10.9 Å². The fourth-order valence-corrected chi connectivity index (χ4v) is 2.63. The van der Waals surface area contributed by atoms with Crippen molar-refractivity contribution in [2.24, 2.45) is 11.7 Å². The maximum absolute atomic E-state index is 12.4. The summed E-state index contributed by atoms with van der Waals surface area (Å²) in [6, 6.07) is 7.92. The van der Waals surface area contributed by atoms with Crippen molar-refractivity contribution in [2.45, 2.75) is 13.3 Å². The van der Waals surface area contributed by atoms with Crippen LogP contribution in [0, 0.1) is 12.8 Å². The average Bonchev–Trinajstić information content (AvgIpc) is 3.16. The van der Waals surface area contributed by atoms with Crippen LogP contribution in [0.1, 0.15) is 22.5 Å². The molecule has 0 bridgehead atoms. The van der Waals surface area contributed by atoms with Crippen LogP contribution in [0.15, 0.2) is 30.5 Å². The number of benzene rings is 1. The quantitative estimate of drug-likeness (QED) is 0.927. The number of likely N-dealkylation sites (tertiary alicyclic amines) is 1. The Balaban J connectivity index is 0.00000176. The van der Waals surface area contributed by atoms with E-state index in [1.165, 1.54) is 0 Å². The molecule has 1 saturated heterocycles. The van der Waals surface area contributed by atoms with Crippen LogP contribution in [0.3, 0.4) is 0 Å². The van der Waals surface area contributed by atoms with Gasteiger partial charge in [0.15, 0.2) is 5.69 Å². The van der Waals surface area contributed by atoms with Crippen molar-refractivity contribution >= 4 is 18.3 Å². The highest BCUT2D eigenvalue weighted by Gasteiger charge is 2.27. The van der Waals surface area contributed by atoms with Crippen LogP contribution in [-0.4, -0.2) is 45.4 Å². The third-order valence-electron chi connectivity index (χ3n) is 3.89. The number of rotatable bonds is 3. The lowest BCUT2D eigenvalue weighted by molar-refractivity contribution is 0.0782. The minimum Gasteiger partial charge on any atom is -0.337 e. The summed E-state index contributed by atoms with van der Waals surface area (Å²) in [5.74, 6) is 0.339. The van der Waals surface area contributed by atoms with E-state index in [4.69, 9.17) is 5.73 Å². The molecule has 22 heavy (non-hydrogen) atoms. The molecule has 1 atom stereocenters. The van der Waals surface area contributed by atoms with E-state index in [9.17, 15) is 4.79 Å². The molecule has 2 aromatic rings. The number of amides is 1. The molecule has 2 N–H and O–H groups in total. The number of carbonyl (C=O) groups excluding carboxylic acids is 1. The number of carbonyl (C=O) groups is 1. The molecule has 6 nitrogen and oxygen atoms in total. The van der Waals surface area contributed by atoms with E-state index in [2.05, 4.69) is 10.3 Å². The molecular formula is C15H20ClN5O. The lowest BCUT2D eigenvalue weighted by Crippen LogP contribution is -2.30. The van der Waals surface area contributed by atoms with Gasteiger partial charge < -0.3 is 10.6 Å². The first-order valence-corrected chi connectivity index (χ1v) is 7.16. The zero-order chi connectivity index (χ0) is 14.8. The summed E-state index contributed by atoms with van der Waals surface area (Å²) in [6.07, 6.45) is 2.65. The molecule has 0 saturated carbocycles. The van der Waals surface area contributed by atoms with Crippen LogP contribution in [0.25, 0.3) is 5.69 Å². The van der Waals surface area contributed by atoms with Crippen molar-refractivity contribution < 1.29 is 4.79 Å². The molecule has 1 aliphatic heterocycles. The summed E-state index contributed by atoms with van der Waals surface area (Å²) in [5, 5.41) is 8.06. The molecule has 1 unspecified atom stereocenters. The first-order chi connectivity index (χ1) is 10.2. The number of halogens is 1. The molecule has 0 spiro atoms. The maximum Gasteiger partial charge on any atom is 0.276 e. The molecule has 0 radical (unpaired) electrons. The number of aryl methyl sites for hydroxylation is 1. The Kier molecular flexibility index (Phi) is 5.15. The van der Waals surface area contributed by atoms with E-state index >= 15 is 0 Å². The van der Waals surface area contributed by atoms with Crippen LogP contribution in [-0.2, 0) is 0 Å². The zero-order valence-corrected chi connectivity index (χ0v) is 13.3. The van der Waals surface area contributed by atoms with Gasteiger partial charge in [-0.2, -0.15) is 0 Å². The molecule has 118 valence electrons. The van der Waals surface area contributed by atoms with Gasteiger partial charge in [0.1, 0.15) is 0 Å². The van der Waals surface area contributed by atoms with Crippen LogP contribution in [0.5, 0.6) is 0 Å². The molecule has 1 aromatic heterocycles. The lowest BCUT2D eigenvalue weighted by Gasteiger charge is -2.13. The second-order valence-electron chi connectivity index (χ2n) is 5.53. The number of aromatic nitrogens is 3. The summed E-state index contributed by atoms with van der Waals surface area (Å²) in [5.41, 5.74) is 8.09. The maximum atomic E-state index is 12.4. The monoisotopic (exact) mass is 321 g/mol. The van der Waals surface area contributed by atoms with Gasteiger partial charge in [0.25, 0.3) is 5.91 Å². The molecule has 3 rings (SSSR count). The van der Waals surface area contributed by atoms with Gasteiger partial charge in [-0.05, 0) is 43.5 Å². The van der Waals surface area contributed by atoms with E-state index in [1.807, 2.05) is 36.1 Å². The average molecular weight is 322 g/mol. The normalized spacial score (nSPS) is 17.4. The zero-order valence-electron chi connectivity index (χ0n) is 12.5. The molecule has 1 aliphatic rings. The van der Waals surface area contributed by atoms with E-state index in [0.717, 1.165) is 24.2 Å². The Morgan fingerprint density at radius 3 is 2.95 bits per heavy atom. The summed E-state index contributed by atoms with van der Waals surface area (Å²) in [6.45, 7) is 4.11. The van der Waals surface area contributed by atoms with Crippen molar-refractivity contribution in [1.29, 1.82) is 0 Å². The molecule has 7 heteroatoms. The first kappa shape index (κ1) is 16.5. The van der Waals surface area contributed by atoms with Gasteiger partial charge in [0.2, 0.25) is 0 Å². The third kappa shape index (κ3) is 3.28. The highest BCUT2D eigenvalue weighted by atomic mass is 35.5. The van der Waals surface area contributed by atoms with Gasteiger partial charge >= 0.3 is 0 Å². The number of hydrogen-bond donors (Lipinski definition) is 1. The highest BCUT2D eigenvalue weighted by Crippen LogP contribution is 2.17. The van der Waals surface area contributed by atoms with Gasteiger partial charge in [-0.3, -0.25) is 4.79 Å². The fraction of sp³-hybridized carbons (Fsp3) is 0.400. The molecule has 1 aromatic carbocycles. The van der Waals surface area contributed by atoms with Gasteiger partial charge in [-0.1, -0.05) is 17.3 Å². The standard InChI is InChI=1S/C15H19N5O.ClH/c1-11-3-2-4-13(7-11)20-10-14(17-18-20)15(21)19-6-5-12(8-16)9-19;/h2-4,7,10,12H,5-6,8-9,16H2,1H3;1H. The molecule has 1 amide bonds. The molecule has 1 fully saturated rings. The van der Waals surface area contributed by atoms with Gasteiger partial charge in [-0.15, -0.1) is 17.5 Å². The second kappa shape index (κ2) is 6.89. The smallest absolute Gasteiger partial charge is 0.276 e. The van der Waals surface area contributed by atoms with Crippen LogP contribution >= 0.6 is 12.4 Å². The Morgan fingerprint density at radius 2 is 2.27 bits per heavy atom. The summed E-state index contributed by atoms with van der Waals surface area (Å²) in [7, 11) is 0. The van der Waals surface area contributed by atoms with E-state index < -0.39 is 0 Å². The number of nitrogens with zero attached hydrogens (tertiary/aromatic N) is 4. The fourth-order valence-electron chi connectivity index (χ4n) is 2.63. The first-order valence-electron chi connectivity index (χ1n) is 7.16. The minimum atomic E-state index is -0.0650. The molecule has 0 aliphatic carbocycles. The van der Waals surface area contributed by atoms with Crippen LogP contribution in [0.2, 0.25) is 0 Å². The lowest BCUT2D eigenvalue weighted by atomic mass is 10.1. The summed E-state index contributed by atoms with van der Waals surface area (Å²) >= 11 is 0. The largest absolute Gasteiger partial charge is 0.337 e. The van der Waals surface area contributed by atoms with E-state index in [0.29, 0.717) is 24.7 Å². The highest BCUT2D eigenvalue weighted by molar-refractivity contribution is 5.92. The Morgan fingerprint density at radius 1 is 1.45 bits per heavy atom. The molecule has 2 heterocycles. The Labute approximate surface area is 135 Å². The van der Waals surface area contributed by atoms with E-state index in [-0.39, 0.29) is 18.3 Å². The Hall–Kier alpha value is -1.92. The van der Waals surface area contributed by atoms with Crippen molar-refractivity contribution in [3.63, 3.8) is 0 Å². The Bertz CT molecular complexity index is 657.